The first-order chi connectivity index (χ1) is 17.7. The average molecular weight is 487 g/mol. The number of unbranched alkanes of at least 4 members (excludes halogenated alkanes) is 1. The standard InChI is InChI=1S/C32H38O4/c1-3-5-7-23(4-2)18-31(32-22-35-32)36-29-9-6-8-27(19-29)26-12-10-24(11-13-26)25-14-16-28(17-15-25)33-20-30-21-34-30/h6,8-17,19,23,30-32H,3-5,7,18,20-22H2,1-2H3. The number of hydrogen-bond donors (Lipinski definition) is 0. The van der Waals surface area contributed by atoms with E-state index in [-0.39, 0.29) is 18.3 Å². The van der Waals surface area contributed by atoms with Crippen molar-refractivity contribution >= 4 is 0 Å². The summed E-state index contributed by atoms with van der Waals surface area (Å²) < 4.78 is 23.1. The summed E-state index contributed by atoms with van der Waals surface area (Å²) >= 11 is 0. The zero-order valence-electron chi connectivity index (χ0n) is 21.5. The van der Waals surface area contributed by atoms with Gasteiger partial charge in [0.25, 0.3) is 0 Å². The molecule has 3 aromatic rings. The lowest BCUT2D eigenvalue weighted by atomic mass is 9.92. The fraction of sp³-hybridized carbons (Fsp3) is 0.438. The predicted octanol–water partition coefficient (Wildman–Crippen LogP) is 7.55. The Morgan fingerprint density at radius 3 is 2.08 bits per heavy atom. The molecule has 190 valence electrons. The van der Waals surface area contributed by atoms with Gasteiger partial charge in [0.15, 0.2) is 0 Å². The third-order valence-corrected chi connectivity index (χ3v) is 7.25. The van der Waals surface area contributed by atoms with Crippen LogP contribution in [0.5, 0.6) is 11.5 Å². The molecule has 0 amide bonds. The van der Waals surface area contributed by atoms with Crippen molar-refractivity contribution in [3.8, 4) is 33.8 Å². The highest BCUT2D eigenvalue weighted by Gasteiger charge is 2.35. The molecule has 36 heavy (non-hydrogen) atoms. The number of ether oxygens (including phenoxy) is 4. The van der Waals surface area contributed by atoms with E-state index < -0.39 is 0 Å². The van der Waals surface area contributed by atoms with E-state index in [9.17, 15) is 0 Å². The van der Waals surface area contributed by atoms with Crippen LogP contribution in [0.25, 0.3) is 22.3 Å². The van der Waals surface area contributed by atoms with Crippen molar-refractivity contribution in [1.29, 1.82) is 0 Å². The second-order valence-corrected chi connectivity index (χ2v) is 10.1. The van der Waals surface area contributed by atoms with E-state index >= 15 is 0 Å². The van der Waals surface area contributed by atoms with Gasteiger partial charge in [0.05, 0.1) is 13.2 Å². The second-order valence-electron chi connectivity index (χ2n) is 10.1. The number of hydrogen-bond acceptors (Lipinski definition) is 4. The second kappa shape index (κ2) is 11.9. The molecule has 4 unspecified atom stereocenters. The maximum absolute atomic E-state index is 6.51. The summed E-state index contributed by atoms with van der Waals surface area (Å²) in [5, 5.41) is 0. The minimum Gasteiger partial charge on any atom is -0.491 e. The smallest absolute Gasteiger partial charge is 0.127 e. The minimum absolute atomic E-state index is 0.133. The molecule has 4 atom stereocenters. The lowest BCUT2D eigenvalue weighted by Gasteiger charge is -2.23. The van der Waals surface area contributed by atoms with Crippen LogP contribution < -0.4 is 9.47 Å². The molecule has 0 aromatic heterocycles. The molecule has 2 aliphatic heterocycles. The maximum Gasteiger partial charge on any atom is 0.127 e. The summed E-state index contributed by atoms with van der Waals surface area (Å²) in [7, 11) is 0. The Hall–Kier alpha value is -2.82. The van der Waals surface area contributed by atoms with Gasteiger partial charge in [-0.15, -0.1) is 0 Å². The van der Waals surface area contributed by atoms with Gasteiger partial charge in [0.2, 0.25) is 0 Å². The molecule has 5 rings (SSSR count). The van der Waals surface area contributed by atoms with Crippen LogP contribution in [0.1, 0.15) is 46.0 Å². The van der Waals surface area contributed by atoms with Crippen LogP contribution in [0.15, 0.2) is 72.8 Å². The molecule has 0 aliphatic carbocycles. The van der Waals surface area contributed by atoms with Gasteiger partial charge in [0, 0.05) is 0 Å². The van der Waals surface area contributed by atoms with E-state index in [1.807, 2.05) is 12.1 Å². The molecular formula is C32H38O4. The van der Waals surface area contributed by atoms with Gasteiger partial charge < -0.3 is 18.9 Å². The molecule has 4 nitrogen and oxygen atoms in total. The lowest BCUT2D eigenvalue weighted by molar-refractivity contribution is 0.127. The molecule has 2 heterocycles. The summed E-state index contributed by atoms with van der Waals surface area (Å²) in [6.45, 7) is 6.82. The van der Waals surface area contributed by atoms with Gasteiger partial charge in [-0.1, -0.05) is 88.1 Å². The van der Waals surface area contributed by atoms with Crippen molar-refractivity contribution in [2.75, 3.05) is 19.8 Å². The summed E-state index contributed by atoms with van der Waals surface area (Å²) in [5.41, 5.74) is 4.71. The topological polar surface area (TPSA) is 43.5 Å². The quantitative estimate of drug-likeness (QED) is 0.221. The molecule has 4 heteroatoms. The van der Waals surface area contributed by atoms with Crippen LogP contribution in [-0.2, 0) is 9.47 Å². The molecule has 0 spiro atoms. The van der Waals surface area contributed by atoms with Crippen LogP contribution >= 0.6 is 0 Å². The highest BCUT2D eigenvalue weighted by atomic mass is 16.6. The maximum atomic E-state index is 6.51. The van der Waals surface area contributed by atoms with E-state index in [2.05, 4.69) is 74.5 Å². The Balaban J connectivity index is 1.23. The zero-order valence-corrected chi connectivity index (χ0v) is 21.5. The summed E-state index contributed by atoms with van der Waals surface area (Å²) in [4.78, 5) is 0. The van der Waals surface area contributed by atoms with Crippen LogP contribution in [0.4, 0.5) is 0 Å². The first-order valence-electron chi connectivity index (χ1n) is 13.6. The van der Waals surface area contributed by atoms with Gasteiger partial charge in [0.1, 0.15) is 36.4 Å². The predicted molar refractivity (Wildman–Crippen MR) is 145 cm³/mol. The molecule has 0 N–H and O–H groups in total. The molecular weight excluding hydrogens is 448 g/mol. The molecule has 2 fully saturated rings. The van der Waals surface area contributed by atoms with Crippen LogP contribution in [0, 0.1) is 5.92 Å². The van der Waals surface area contributed by atoms with Gasteiger partial charge >= 0.3 is 0 Å². The summed E-state index contributed by atoms with van der Waals surface area (Å²) in [5.74, 6) is 2.51. The highest BCUT2D eigenvalue weighted by molar-refractivity contribution is 5.71. The minimum atomic E-state index is 0.133. The summed E-state index contributed by atoms with van der Waals surface area (Å²) in [6.07, 6.45) is 6.72. The Morgan fingerprint density at radius 2 is 1.47 bits per heavy atom. The molecule has 0 saturated carbocycles. The normalized spacial score (nSPS) is 19.9. The van der Waals surface area contributed by atoms with Gasteiger partial charge in [-0.3, -0.25) is 0 Å². The number of benzene rings is 3. The summed E-state index contributed by atoms with van der Waals surface area (Å²) in [6, 6.07) is 25.5. The highest BCUT2D eigenvalue weighted by Crippen LogP contribution is 2.32. The van der Waals surface area contributed by atoms with E-state index in [0.717, 1.165) is 31.1 Å². The van der Waals surface area contributed by atoms with E-state index in [4.69, 9.17) is 18.9 Å². The van der Waals surface area contributed by atoms with Crippen molar-refractivity contribution in [3.05, 3.63) is 72.8 Å². The SMILES string of the molecule is CCCCC(CC)CC(Oc1cccc(-c2ccc(-c3ccc(OCC4CO4)cc3)cc2)c1)C1CO1. The number of epoxide rings is 2. The van der Waals surface area contributed by atoms with E-state index in [1.54, 1.807) is 0 Å². The third-order valence-electron chi connectivity index (χ3n) is 7.25. The first kappa shape index (κ1) is 24.9. The monoisotopic (exact) mass is 486 g/mol. The molecule has 3 aromatic carbocycles. The average Bonchev–Trinajstić information content (AvgIpc) is 3.84. The molecule has 2 saturated heterocycles. The fourth-order valence-electron chi connectivity index (χ4n) is 4.73. The van der Waals surface area contributed by atoms with E-state index in [1.165, 1.54) is 47.9 Å². The van der Waals surface area contributed by atoms with Crippen molar-refractivity contribution in [1.82, 2.24) is 0 Å². The van der Waals surface area contributed by atoms with Crippen molar-refractivity contribution in [3.63, 3.8) is 0 Å². The van der Waals surface area contributed by atoms with Crippen LogP contribution in [0.2, 0.25) is 0 Å². The van der Waals surface area contributed by atoms with Crippen molar-refractivity contribution in [2.45, 2.75) is 64.3 Å². The Labute approximate surface area is 215 Å². The third kappa shape index (κ3) is 6.89. The Morgan fingerprint density at radius 1 is 0.806 bits per heavy atom. The van der Waals surface area contributed by atoms with Crippen molar-refractivity contribution < 1.29 is 18.9 Å². The molecule has 0 bridgehead atoms. The van der Waals surface area contributed by atoms with Gasteiger partial charge in [-0.25, -0.2) is 0 Å². The number of rotatable bonds is 14. The molecule has 2 aliphatic rings. The first-order valence-corrected chi connectivity index (χ1v) is 13.6. The fourth-order valence-corrected chi connectivity index (χ4v) is 4.73. The van der Waals surface area contributed by atoms with Gasteiger partial charge in [-0.2, -0.15) is 0 Å². The van der Waals surface area contributed by atoms with Crippen molar-refractivity contribution in [2.24, 2.45) is 5.92 Å². The van der Waals surface area contributed by atoms with Crippen LogP contribution in [-0.4, -0.2) is 38.1 Å². The Bertz CT molecular complexity index is 1080. The van der Waals surface area contributed by atoms with Crippen LogP contribution in [0.3, 0.4) is 0 Å². The largest absolute Gasteiger partial charge is 0.491 e. The molecule has 0 radical (unpaired) electrons. The Kier molecular flexibility index (Phi) is 8.25. The lowest BCUT2D eigenvalue weighted by Crippen LogP contribution is -2.26. The zero-order chi connectivity index (χ0) is 24.7. The van der Waals surface area contributed by atoms with Gasteiger partial charge in [-0.05, 0) is 58.9 Å². The van der Waals surface area contributed by atoms with E-state index in [0.29, 0.717) is 12.5 Å².